The zero-order valence-electron chi connectivity index (χ0n) is 28.3. The van der Waals surface area contributed by atoms with Crippen molar-refractivity contribution in [3.8, 4) is 6.07 Å². The maximum atomic E-state index is 15.6. The summed E-state index contributed by atoms with van der Waals surface area (Å²) in [5.41, 5.74) is -2.14. The van der Waals surface area contributed by atoms with Crippen molar-refractivity contribution in [2.75, 3.05) is 68.5 Å². The summed E-state index contributed by atoms with van der Waals surface area (Å²) in [4.78, 5) is 51.7. The van der Waals surface area contributed by atoms with E-state index in [4.69, 9.17) is 4.74 Å². The van der Waals surface area contributed by atoms with Gasteiger partial charge in [0.25, 0.3) is 0 Å². The summed E-state index contributed by atoms with van der Waals surface area (Å²) in [6.07, 6.45) is -5.23. The van der Waals surface area contributed by atoms with Crippen LogP contribution < -0.4 is 15.1 Å². The molecule has 3 aliphatic rings. The number of carbonyl (C=O) groups is 3. The highest BCUT2D eigenvalue weighted by Crippen LogP contribution is 2.37. The quantitative estimate of drug-likeness (QED) is 0.467. The predicted molar refractivity (Wildman–Crippen MR) is 172 cm³/mol. The molecule has 3 amide bonds. The van der Waals surface area contributed by atoms with Gasteiger partial charge in [-0.1, -0.05) is 6.07 Å². The van der Waals surface area contributed by atoms with Crippen molar-refractivity contribution in [2.45, 2.75) is 64.0 Å². The third-order valence-corrected chi connectivity index (χ3v) is 9.02. The number of fused-ring (bicyclic) bond motifs is 1. The lowest BCUT2D eigenvalue weighted by atomic mass is 10.0. The number of ether oxygens (including phenoxy) is 1. The summed E-state index contributed by atoms with van der Waals surface area (Å²) in [5.74, 6) is -1.65. The number of benzene rings is 1. The first-order valence-electron chi connectivity index (χ1n) is 15.9. The highest BCUT2D eigenvalue weighted by molar-refractivity contribution is 6.01. The fourth-order valence-electron chi connectivity index (χ4n) is 6.38. The van der Waals surface area contributed by atoms with Crippen molar-refractivity contribution in [2.24, 2.45) is 0 Å². The SMILES string of the molecule is Cc1cc(C(F)(F)F)c(C#N)c(N[C@H]2CCN(CC3CN(C4CN(C(=O)OC(C)(C)C)C4)CC(=O)N3C)c3c(F)cccc3N(C)C2=O)n1. The average molecular weight is 689 g/mol. The Bertz CT molecular complexity index is 1670. The second-order valence-electron chi connectivity index (χ2n) is 13.7. The first kappa shape index (κ1) is 35.7. The van der Waals surface area contributed by atoms with E-state index in [2.05, 4.69) is 10.3 Å². The number of hydrogen-bond acceptors (Lipinski definition) is 9. The van der Waals surface area contributed by atoms with Crippen LogP contribution in [0.25, 0.3) is 0 Å². The van der Waals surface area contributed by atoms with E-state index in [1.54, 1.807) is 54.7 Å². The number of hydrogen-bond donors (Lipinski definition) is 1. The molecule has 16 heteroatoms. The van der Waals surface area contributed by atoms with E-state index in [1.807, 2.05) is 4.90 Å². The molecular weight excluding hydrogens is 648 g/mol. The van der Waals surface area contributed by atoms with Crippen LogP contribution in [-0.4, -0.2) is 115 Å². The molecule has 2 atom stereocenters. The van der Waals surface area contributed by atoms with Crippen molar-refractivity contribution < 1.29 is 36.7 Å². The highest BCUT2D eigenvalue weighted by Gasteiger charge is 2.43. The highest BCUT2D eigenvalue weighted by atomic mass is 19.4. The van der Waals surface area contributed by atoms with E-state index >= 15 is 4.39 Å². The first-order chi connectivity index (χ1) is 22.9. The summed E-state index contributed by atoms with van der Waals surface area (Å²) in [5, 5.41) is 12.5. The zero-order valence-corrected chi connectivity index (χ0v) is 28.3. The Morgan fingerprint density at radius 1 is 1.14 bits per heavy atom. The Hall–Kier alpha value is -4.65. The van der Waals surface area contributed by atoms with Crippen molar-refractivity contribution >= 4 is 35.1 Å². The van der Waals surface area contributed by atoms with Crippen LogP contribution in [0.15, 0.2) is 24.3 Å². The van der Waals surface area contributed by atoms with Gasteiger partial charge in [-0.25, -0.2) is 14.2 Å². The van der Waals surface area contributed by atoms with Crippen LogP contribution in [0.5, 0.6) is 0 Å². The van der Waals surface area contributed by atoms with Crippen LogP contribution in [0, 0.1) is 24.1 Å². The van der Waals surface area contributed by atoms with E-state index < -0.39 is 52.8 Å². The molecule has 2 fully saturated rings. The zero-order chi connectivity index (χ0) is 36.0. The van der Waals surface area contributed by atoms with Gasteiger partial charge in [0.05, 0.1) is 29.5 Å². The number of anilines is 3. The number of pyridine rings is 1. The maximum Gasteiger partial charge on any atom is 0.417 e. The van der Waals surface area contributed by atoms with Crippen LogP contribution in [0.2, 0.25) is 0 Å². The molecule has 5 rings (SSSR count). The number of rotatable bonds is 5. The number of aryl methyl sites for hydroxylation is 1. The maximum absolute atomic E-state index is 15.6. The van der Waals surface area contributed by atoms with Gasteiger partial charge in [0, 0.05) is 58.6 Å². The molecule has 1 unspecified atom stereocenters. The third-order valence-electron chi connectivity index (χ3n) is 9.02. The lowest BCUT2D eigenvalue weighted by Gasteiger charge is -2.50. The third kappa shape index (κ3) is 7.51. The van der Waals surface area contributed by atoms with Crippen LogP contribution in [-0.2, 0) is 20.5 Å². The van der Waals surface area contributed by atoms with E-state index in [-0.39, 0.29) is 60.9 Å². The van der Waals surface area contributed by atoms with Crippen molar-refractivity contribution in [3.05, 3.63) is 46.9 Å². The minimum absolute atomic E-state index is 0.00440. The Balaban J connectivity index is 1.39. The molecule has 2 saturated heterocycles. The fraction of sp³-hybridized carbons (Fsp3) is 0.545. The number of likely N-dealkylation sites (N-methyl/N-ethyl adjacent to an activating group) is 2. The fourth-order valence-corrected chi connectivity index (χ4v) is 6.38. The molecule has 0 radical (unpaired) electrons. The van der Waals surface area contributed by atoms with Gasteiger partial charge in [-0.05, 0) is 52.3 Å². The second kappa shape index (κ2) is 13.3. The Morgan fingerprint density at radius 2 is 1.84 bits per heavy atom. The Kier molecular flexibility index (Phi) is 9.70. The minimum atomic E-state index is -4.82. The van der Waals surface area contributed by atoms with Crippen LogP contribution in [0.4, 0.5) is 39.5 Å². The molecule has 1 N–H and O–H groups in total. The predicted octanol–water partition coefficient (Wildman–Crippen LogP) is 3.84. The molecule has 1 aromatic heterocycles. The number of likely N-dealkylation sites (tertiary alicyclic amines) is 1. The number of nitriles is 1. The van der Waals surface area contributed by atoms with Gasteiger partial charge in [0.15, 0.2) is 0 Å². The number of para-hydroxylation sites is 1. The molecular formula is C33H40F4N8O4. The molecule has 4 heterocycles. The molecule has 2 aromatic rings. The largest absolute Gasteiger partial charge is 0.444 e. The van der Waals surface area contributed by atoms with Crippen LogP contribution in [0.1, 0.15) is 44.0 Å². The number of amides is 3. The topological polar surface area (TPSA) is 125 Å². The van der Waals surface area contributed by atoms with Gasteiger partial charge in [0.1, 0.15) is 34.9 Å². The standard InChI is InChI=1S/C33H40F4N8O4/c1-19-12-23(33(35,36)37)22(13-38)29(39-19)40-25-10-11-43(28-24(34)8-7-9-26(28)42(6)30(25)47)14-20-15-44(18-27(46)41(20)5)21-16-45(17-21)31(48)49-32(2,3)4/h7-9,12,20-21,25H,10-11,14-18H2,1-6H3,(H,39,40)/t20?,25-/m0/s1. The van der Waals surface area contributed by atoms with E-state index in [9.17, 15) is 32.8 Å². The molecule has 49 heavy (non-hydrogen) atoms. The number of nitrogens with one attached hydrogen (secondary N) is 1. The number of piperazine rings is 1. The number of alkyl halides is 3. The molecule has 12 nitrogen and oxygen atoms in total. The Morgan fingerprint density at radius 3 is 2.47 bits per heavy atom. The monoisotopic (exact) mass is 688 g/mol. The molecule has 0 bridgehead atoms. The lowest BCUT2D eigenvalue weighted by molar-refractivity contribution is -0.140. The van der Waals surface area contributed by atoms with E-state index in [0.29, 0.717) is 19.6 Å². The number of nitrogens with zero attached hydrogens (tertiary/aromatic N) is 7. The van der Waals surface area contributed by atoms with Crippen molar-refractivity contribution in [1.29, 1.82) is 5.26 Å². The van der Waals surface area contributed by atoms with E-state index in [0.717, 1.165) is 6.07 Å². The molecule has 264 valence electrons. The molecule has 0 aliphatic carbocycles. The van der Waals surface area contributed by atoms with Crippen molar-refractivity contribution in [1.82, 2.24) is 19.7 Å². The first-order valence-corrected chi connectivity index (χ1v) is 15.9. The summed E-state index contributed by atoms with van der Waals surface area (Å²) in [7, 11) is 3.12. The van der Waals surface area contributed by atoms with Crippen LogP contribution >= 0.6 is 0 Å². The van der Waals surface area contributed by atoms with Gasteiger partial charge < -0.3 is 29.7 Å². The molecule has 3 aliphatic heterocycles. The van der Waals surface area contributed by atoms with Gasteiger partial charge >= 0.3 is 12.3 Å². The molecule has 0 spiro atoms. The van der Waals surface area contributed by atoms with Gasteiger partial charge in [0.2, 0.25) is 11.8 Å². The summed E-state index contributed by atoms with van der Waals surface area (Å²) < 4.78 is 62.5. The Labute approximate surface area is 282 Å². The smallest absolute Gasteiger partial charge is 0.417 e. The second-order valence-corrected chi connectivity index (χ2v) is 13.7. The number of halogens is 4. The van der Waals surface area contributed by atoms with Crippen LogP contribution in [0.3, 0.4) is 0 Å². The van der Waals surface area contributed by atoms with Gasteiger partial charge in [-0.3, -0.25) is 14.5 Å². The summed E-state index contributed by atoms with van der Waals surface area (Å²) in [6.45, 7) is 8.36. The number of aromatic nitrogens is 1. The van der Waals surface area contributed by atoms with Gasteiger partial charge in [-0.2, -0.15) is 18.4 Å². The van der Waals surface area contributed by atoms with Gasteiger partial charge in [-0.15, -0.1) is 0 Å². The summed E-state index contributed by atoms with van der Waals surface area (Å²) in [6, 6.07) is 5.06. The number of carbonyl (C=O) groups excluding carboxylic acids is 3. The molecule has 1 aromatic carbocycles. The lowest BCUT2D eigenvalue weighted by Crippen LogP contribution is -2.68. The normalized spacial score (nSPS) is 21.1. The van der Waals surface area contributed by atoms with Crippen molar-refractivity contribution in [3.63, 3.8) is 0 Å². The molecule has 0 saturated carbocycles. The van der Waals surface area contributed by atoms with E-state index in [1.165, 1.54) is 31.0 Å². The minimum Gasteiger partial charge on any atom is -0.444 e. The summed E-state index contributed by atoms with van der Waals surface area (Å²) >= 11 is 0. The average Bonchev–Trinajstić information content (AvgIpc) is 2.97.